The Balaban J connectivity index is 2.20. The Hall–Kier alpha value is -1.09. The zero-order valence-corrected chi connectivity index (χ0v) is 12.4. The van der Waals surface area contributed by atoms with E-state index in [0.29, 0.717) is 12.6 Å². The highest BCUT2D eigenvalue weighted by molar-refractivity contribution is 5.30. The van der Waals surface area contributed by atoms with E-state index in [1.54, 1.807) is 0 Å². The van der Waals surface area contributed by atoms with Crippen LogP contribution in [0.15, 0.2) is 12.1 Å². The van der Waals surface area contributed by atoms with Crippen molar-refractivity contribution in [3.63, 3.8) is 0 Å². The van der Waals surface area contributed by atoms with Gasteiger partial charge in [-0.05, 0) is 31.7 Å². The van der Waals surface area contributed by atoms with Gasteiger partial charge in [-0.25, -0.2) is 4.98 Å². The van der Waals surface area contributed by atoms with E-state index in [4.69, 9.17) is 15.5 Å². The van der Waals surface area contributed by atoms with Crippen molar-refractivity contribution in [3.05, 3.63) is 23.4 Å². The summed E-state index contributed by atoms with van der Waals surface area (Å²) in [5.41, 5.74) is 7.91. The minimum Gasteiger partial charge on any atom is -0.474 e. The van der Waals surface area contributed by atoms with Gasteiger partial charge in [0.2, 0.25) is 5.88 Å². The van der Waals surface area contributed by atoms with Gasteiger partial charge >= 0.3 is 0 Å². The van der Waals surface area contributed by atoms with Crippen LogP contribution in [-0.4, -0.2) is 11.1 Å². The number of nitrogens with two attached hydrogens (primary N) is 1. The van der Waals surface area contributed by atoms with E-state index >= 15 is 0 Å². The van der Waals surface area contributed by atoms with E-state index in [-0.39, 0.29) is 5.41 Å². The number of ether oxygens (including phenoxy) is 1. The zero-order valence-electron chi connectivity index (χ0n) is 12.4. The standard InChI is InChI=1S/C16H26N2O/c1-16(2,3)14-10-9-12(11-17)15(18-14)19-13-7-5-4-6-8-13/h9-10,13H,4-8,11,17H2,1-3H3. The van der Waals surface area contributed by atoms with Crippen LogP contribution in [0.5, 0.6) is 5.88 Å². The first-order valence-corrected chi connectivity index (χ1v) is 7.38. The molecule has 0 aliphatic heterocycles. The summed E-state index contributed by atoms with van der Waals surface area (Å²) in [5.74, 6) is 0.752. The molecule has 1 heterocycles. The van der Waals surface area contributed by atoms with E-state index in [9.17, 15) is 0 Å². The monoisotopic (exact) mass is 262 g/mol. The maximum Gasteiger partial charge on any atom is 0.218 e. The van der Waals surface area contributed by atoms with Crippen molar-refractivity contribution in [3.8, 4) is 5.88 Å². The third-order valence-electron chi connectivity index (χ3n) is 3.76. The molecule has 0 radical (unpaired) electrons. The normalized spacial score (nSPS) is 17.5. The second kappa shape index (κ2) is 5.91. The maximum absolute atomic E-state index is 6.12. The second-order valence-electron chi connectivity index (χ2n) is 6.49. The zero-order chi connectivity index (χ0) is 13.9. The summed E-state index contributed by atoms with van der Waals surface area (Å²) >= 11 is 0. The lowest BCUT2D eigenvalue weighted by Gasteiger charge is -2.25. The lowest BCUT2D eigenvalue weighted by Crippen LogP contribution is -2.22. The summed E-state index contributed by atoms with van der Waals surface area (Å²) < 4.78 is 6.12. The smallest absolute Gasteiger partial charge is 0.218 e. The summed E-state index contributed by atoms with van der Waals surface area (Å²) in [6.45, 7) is 6.99. The highest BCUT2D eigenvalue weighted by Gasteiger charge is 2.20. The summed E-state index contributed by atoms with van der Waals surface area (Å²) in [6.07, 6.45) is 6.47. The van der Waals surface area contributed by atoms with Crippen LogP contribution in [0.4, 0.5) is 0 Å². The van der Waals surface area contributed by atoms with Crippen LogP contribution < -0.4 is 10.5 Å². The van der Waals surface area contributed by atoms with Crippen LogP contribution in [0.1, 0.15) is 64.1 Å². The molecule has 0 atom stereocenters. The lowest BCUT2D eigenvalue weighted by molar-refractivity contribution is 0.146. The average molecular weight is 262 g/mol. The van der Waals surface area contributed by atoms with Crippen LogP contribution in [0.25, 0.3) is 0 Å². The molecule has 1 aliphatic rings. The highest BCUT2D eigenvalue weighted by Crippen LogP contribution is 2.28. The van der Waals surface area contributed by atoms with Gasteiger partial charge in [0, 0.05) is 23.2 Å². The highest BCUT2D eigenvalue weighted by atomic mass is 16.5. The minimum atomic E-state index is 0.0395. The Morgan fingerprint density at radius 3 is 2.47 bits per heavy atom. The molecule has 0 amide bonds. The van der Waals surface area contributed by atoms with Gasteiger partial charge < -0.3 is 10.5 Å². The van der Waals surface area contributed by atoms with Crippen molar-refractivity contribution in [2.45, 2.75) is 70.9 Å². The predicted octanol–water partition coefficient (Wildman–Crippen LogP) is 3.55. The molecule has 1 aromatic heterocycles. The van der Waals surface area contributed by atoms with Crippen LogP contribution >= 0.6 is 0 Å². The van der Waals surface area contributed by atoms with Crippen LogP contribution in [0, 0.1) is 0 Å². The van der Waals surface area contributed by atoms with Gasteiger partial charge in [0.25, 0.3) is 0 Å². The molecule has 2 rings (SSSR count). The van der Waals surface area contributed by atoms with Gasteiger partial charge in [0.05, 0.1) is 0 Å². The number of aromatic nitrogens is 1. The fourth-order valence-corrected chi connectivity index (χ4v) is 2.49. The van der Waals surface area contributed by atoms with Crippen molar-refractivity contribution in [1.82, 2.24) is 4.98 Å². The fourth-order valence-electron chi connectivity index (χ4n) is 2.49. The van der Waals surface area contributed by atoms with Crippen molar-refractivity contribution in [1.29, 1.82) is 0 Å². The van der Waals surface area contributed by atoms with E-state index < -0.39 is 0 Å². The molecule has 3 heteroatoms. The Labute approximate surface area is 116 Å². The first kappa shape index (κ1) is 14.3. The first-order valence-electron chi connectivity index (χ1n) is 7.38. The molecule has 1 fully saturated rings. The third kappa shape index (κ3) is 3.69. The topological polar surface area (TPSA) is 48.1 Å². The summed E-state index contributed by atoms with van der Waals surface area (Å²) in [5, 5.41) is 0. The lowest BCUT2D eigenvalue weighted by atomic mass is 9.91. The molecule has 19 heavy (non-hydrogen) atoms. The molecule has 1 saturated carbocycles. The Morgan fingerprint density at radius 1 is 1.21 bits per heavy atom. The molecule has 0 bridgehead atoms. The Morgan fingerprint density at radius 2 is 1.89 bits per heavy atom. The SMILES string of the molecule is CC(C)(C)c1ccc(CN)c(OC2CCCCC2)n1. The second-order valence-corrected chi connectivity index (χ2v) is 6.49. The van der Waals surface area contributed by atoms with Gasteiger partial charge in [-0.15, -0.1) is 0 Å². The first-order chi connectivity index (χ1) is 9.00. The minimum absolute atomic E-state index is 0.0395. The molecule has 0 saturated heterocycles. The van der Waals surface area contributed by atoms with Crippen molar-refractivity contribution < 1.29 is 4.74 Å². The number of nitrogens with zero attached hydrogens (tertiary/aromatic N) is 1. The van der Waals surface area contributed by atoms with E-state index in [2.05, 4.69) is 32.9 Å². The largest absolute Gasteiger partial charge is 0.474 e. The van der Waals surface area contributed by atoms with E-state index in [1.165, 1.54) is 19.3 Å². The van der Waals surface area contributed by atoms with Gasteiger partial charge in [-0.2, -0.15) is 0 Å². The Kier molecular flexibility index (Phi) is 4.46. The molecule has 1 aliphatic carbocycles. The quantitative estimate of drug-likeness (QED) is 0.906. The third-order valence-corrected chi connectivity index (χ3v) is 3.76. The molecule has 0 aromatic carbocycles. The number of rotatable bonds is 3. The Bertz CT molecular complexity index is 417. The van der Waals surface area contributed by atoms with Crippen LogP contribution in [-0.2, 0) is 12.0 Å². The molecule has 1 aromatic rings. The number of hydrogen-bond acceptors (Lipinski definition) is 3. The van der Waals surface area contributed by atoms with Gasteiger partial charge in [-0.1, -0.05) is 33.3 Å². The molecular weight excluding hydrogens is 236 g/mol. The molecular formula is C16H26N2O. The molecule has 2 N–H and O–H groups in total. The van der Waals surface area contributed by atoms with E-state index in [1.807, 2.05) is 0 Å². The van der Waals surface area contributed by atoms with Crippen molar-refractivity contribution >= 4 is 0 Å². The molecule has 3 nitrogen and oxygen atoms in total. The van der Waals surface area contributed by atoms with Crippen molar-refractivity contribution in [2.24, 2.45) is 5.73 Å². The summed E-state index contributed by atoms with van der Waals surface area (Å²) in [6, 6.07) is 4.13. The molecule has 106 valence electrons. The molecule has 0 spiro atoms. The van der Waals surface area contributed by atoms with Crippen LogP contribution in [0.3, 0.4) is 0 Å². The van der Waals surface area contributed by atoms with Crippen LogP contribution in [0.2, 0.25) is 0 Å². The number of hydrogen-bond donors (Lipinski definition) is 1. The molecule has 0 unspecified atom stereocenters. The average Bonchev–Trinajstić information content (AvgIpc) is 2.39. The van der Waals surface area contributed by atoms with Gasteiger partial charge in [0.1, 0.15) is 6.10 Å². The predicted molar refractivity (Wildman–Crippen MR) is 78.3 cm³/mol. The van der Waals surface area contributed by atoms with Crippen molar-refractivity contribution in [2.75, 3.05) is 0 Å². The summed E-state index contributed by atoms with van der Waals surface area (Å²) in [4.78, 5) is 4.71. The fraction of sp³-hybridized carbons (Fsp3) is 0.688. The number of pyridine rings is 1. The summed E-state index contributed by atoms with van der Waals surface area (Å²) in [7, 11) is 0. The maximum atomic E-state index is 6.12. The van der Waals surface area contributed by atoms with E-state index in [0.717, 1.165) is 30.0 Å². The van der Waals surface area contributed by atoms with Gasteiger partial charge in [0.15, 0.2) is 0 Å². The van der Waals surface area contributed by atoms with Gasteiger partial charge in [-0.3, -0.25) is 0 Å².